The molecule has 3 nitrogen and oxygen atoms in total. The lowest BCUT2D eigenvalue weighted by molar-refractivity contribution is 0.413. The minimum atomic E-state index is -0.586. The Morgan fingerprint density at radius 3 is 0.846 bits per heavy atom. The van der Waals surface area contributed by atoms with Crippen LogP contribution in [0.25, 0.3) is 33.4 Å². The van der Waals surface area contributed by atoms with E-state index in [9.17, 15) is 0 Å². The highest BCUT2D eigenvalue weighted by Gasteiger charge is 2.58. The van der Waals surface area contributed by atoms with Gasteiger partial charge in [0.1, 0.15) is 17.2 Å². The first-order valence-electron chi connectivity index (χ1n) is 26.8. The van der Waals surface area contributed by atoms with Crippen LogP contribution in [0.5, 0.6) is 17.2 Å². The first-order valence-corrected chi connectivity index (χ1v) is 29.2. The lowest BCUT2D eigenvalue weighted by atomic mass is 9.62. The highest BCUT2D eigenvalue weighted by molar-refractivity contribution is 9.11. The summed E-state index contributed by atoms with van der Waals surface area (Å²) in [6, 6.07) is 81.4. The molecule has 0 aliphatic heterocycles. The summed E-state index contributed by atoms with van der Waals surface area (Å²) in [5.41, 5.74) is 21.9. The van der Waals surface area contributed by atoms with Gasteiger partial charge in [0.05, 0.1) is 21.3 Å². The van der Waals surface area contributed by atoms with E-state index in [-0.39, 0.29) is 0 Å². The summed E-state index contributed by atoms with van der Waals surface area (Å²) in [4.78, 5) is 0. The average molecular weight is 1210 g/mol. The fourth-order valence-electron chi connectivity index (χ4n) is 14.3. The van der Waals surface area contributed by atoms with Crippen molar-refractivity contribution < 1.29 is 14.2 Å². The van der Waals surface area contributed by atoms with Crippen LogP contribution in [0.15, 0.2) is 232 Å². The third-order valence-corrected chi connectivity index (χ3v) is 19.7. The lowest BCUT2D eigenvalue weighted by Crippen LogP contribution is -2.36. The number of hydrogen-bond donors (Lipinski definition) is 0. The van der Waals surface area contributed by atoms with Crippen molar-refractivity contribution in [3.63, 3.8) is 0 Å². The lowest BCUT2D eigenvalue weighted by Gasteiger charge is -2.40. The number of halogens is 3. The summed E-state index contributed by atoms with van der Waals surface area (Å²) >= 11 is 12.4. The molecule has 10 aromatic carbocycles. The number of hydrogen-bond acceptors (Lipinski definition) is 3. The van der Waals surface area contributed by atoms with Crippen molar-refractivity contribution in [2.24, 2.45) is 0 Å². The van der Waals surface area contributed by atoms with E-state index in [0.29, 0.717) is 0 Å². The van der Waals surface area contributed by atoms with Gasteiger partial charge in [-0.25, -0.2) is 0 Å². The maximum absolute atomic E-state index is 6.05. The van der Waals surface area contributed by atoms with E-state index in [2.05, 4.69) is 266 Å². The number of ether oxygens (including phenoxy) is 3. The van der Waals surface area contributed by atoms with Crippen LogP contribution >= 0.6 is 47.8 Å². The maximum atomic E-state index is 6.05. The predicted molar refractivity (Wildman–Crippen MR) is 329 cm³/mol. The van der Waals surface area contributed by atoms with Crippen molar-refractivity contribution in [3.8, 4) is 50.6 Å². The molecular weight excluding hydrogens is 1150 g/mol. The Bertz CT molecular complexity index is 3550. The summed E-state index contributed by atoms with van der Waals surface area (Å²) < 4.78 is 21.5. The third kappa shape index (κ3) is 8.23. The molecule has 0 radical (unpaired) electrons. The fourth-order valence-corrected chi connectivity index (χ4v) is 15.6. The molecule has 3 aliphatic carbocycles. The van der Waals surface area contributed by atoms with Crippen LogP contribution in [0.1, 0.15) is 66.8 Å². The van der Waals surface area contributed by atoms with Gasteiger partial charge in [-0.1, -0.05) is 212 Å². The molecule has 10 aromatic rings. The Morgan fingerprint density at radius 1 is 0.295 bits per heavy atom. The molecule has 0 saturated heterocycles. The molecule has 0 heterocycles. The van der Waals surface area contributed by atoms with Crippen molar-refractivity contribution in [1.29, 1.82) is 0 Å². The first-order chi connectivity index (χ1) is 38.2. The topological polar surface area (TPSA) is 27.7 Å². The predicted octanol–water partition coefficient (Wildman–Crippen LogP) is 18.3. The second kappa shape index (κ2) is 20.4. The van der Waals surface area contributed by atoms with Crippen LogP contribution < -0.4 is 14.2 Å². The summed E-state index contributed by atoms with van der Waals surface area (Å²) in [6.45, 7) is 0. The monoisotopic (exact) mass is 1210 g/mol. The first kappa shape index (κ1) is 50.5. The molecule has 0 fully saturated rings. The molecule has 3 aliphatic rings. The Hall–Kier alpha value is -6.96. The zero-order chi connectivity index (χ0) is 53.2. The third-order valence-electron chi connectivity index (χ3n) is 17.3. The molecule has 0 N–H and O–H groups in total. The van der Waals surface area contributed by atoms with E-state index in [1.165, 1.54) is 100 Å². The standard InChI is InChI=1S/C72H57Br3O3/c1-76-52-25-16-19-46(37-52)40-70(43-49-22-4-13-34-61(49)73)58-31-10-7-28-55(58)64-67(70)65-56-29-8-11-32-59(56)71(44-50-23-5-14-35-62(50)74,41-47-20-17-26-53(38-47)77-2)69(65)66-57-30-9-12-33-60(57)72(68(64)66,45-51-24-6-15-36-63(51)75)42-48-21-18-27-54(39-48)78-3/h4-39H,40-45H2,1-3H3/t70-,71-,72+/m0/s1. The smallest absolute Gasteiger partial charge is 0.119 e. The summed E-state index contributed by atoms with van der Waals surface area (Å²) in [5.74, 6) is 2.56. The second-order valence-electron chi connectivity index (χ2n) is 21.5. The van der Waals surface area contributed by atoms with Gasteiger partial charge in [0.25, 0.3) is 0 Å². The molecule has 3 atom stereocenters. The molecule has 0 saturated carbocycles. The van der Waals surface area contributed by atoms with Crippen LogP contribution in [-0.2, 0) is 54.8 Å². The summed E-state index contributed by atoms with van der Waals surface area (Å²) in [7, 11) is 5.34. The number of benzene rings is 10. The number of methoxy groups -OCH3 is 3. The van der Waals surface area contributed by atoms with Crippen molar-refractivity contribution in [1.82, 2.24) is 0 Å². The van der Waals surface area contributed by atoms with E-state index in [1.54, 1.807) is 21.3 Å². The van der Waals surface area contributed by atoms with Gasteiger partial charge in [-0.05, 0) is 193 Å². The fraction of sp³-hybridized carbons (Fsp3) is 0.167. The Labute approximate surface area is 483 Å². The quantitative estimate of drug-likeness (QED) is 0.102. The normalized spacial score (nSPS) is 18.1. The Kier molecular flexibility index (Phi) is 13.2. The van der Waals surface area contributed by atoms with Crippen molar-refractivity contribution >= 4 is 47.8 Å². The van der Waals surface area contributed by atoms with Crippen LogP contribution in [0.4, 0.5) is 0 Å². The minimum Gasteiger partial charge on any atom is -0.497 e. The van der Waals surface area contributed by atoms with Crippen LogP contribution in [0, 0.1) is 0 Å². The van der Waals surface area contributed by atoms with Gasteiger partial charge >= 0.3 is 0 Å². The van der Waals surface area contributed by atoms with Crippen LogP contribution in [-0.4, -0.2) is 21.3 Å². The van der Waals surface area contributed by atoms with Crippen LogP contribution in [0.2, 0.25) is 0 Å². The largest absolute Gasteiger partial charge is 0.497 e. The van der Waals surface area contributed by atoms with E-state index >= 15 is 0 Å². The Morgan fingerprint density at radius 2 is 0.564 bits per heavy atom. The highest BCUT2D eigenvalue weighted by Crippen LogP contribution is 2.70. The van der Waals surface area contributed by atoms with Crippen molar-refractivity contribution in [2.45, 2.75) is 54.8 Å². The molecule has 6 heteroatoms. The number of fused-ring (bicyclic) bond motifs is 12. The van der Waals surface area contributed by atoms with Crippen molar-refractivity contribution in [2.75, 3.05) is 21.3 Å². The SMILES string of the molecule is COc1cccc(C[C@]2(Cc3ccccc3Br)c3ccccc3-c3c2c2c(c4c3[C@@](Cc3cccc(OC)c3)(Cc3ccccc3Br)c3ccccc3-4)[C@](Cc3cccc(OC)c3)(Cc3ccccc3Br)c3ccccc3-2)c1. The van der Waals surface area contributed by atoms with Gasteiger partial charge < -0.3 is 14.2 Å². The van der Waals surface area contributed by atoms with E-state index in [0.717, 1.165) is 69.2 Å². The van der Waals surface area contributed by atoms with Gasteiger partial charge in [-0.15, -0.1) is 0 Å². The van der Waals surface area contributed by atoms with Crippen LogP contribution in [0.3, 0.4) is 0 Å². The molecule has 0 bridgehead atoms. The highest BCUT2D eigenvalue weighted by atomic mass is 79.9. The maximum Gasteiger partial charge on any atom is 0.119 e. The van der Waals surface area contributed by atoms with Gasteiger partial charge in [-0.3, -0.25) is 0 Å². The zero-order valence-electron chi connectivity index (χ0n) is 43.9. The molecule has 0 unspecified atom stereocenters. The Balaban J connectivity index is 1.27. The van der Waals surface area contributed by atoms with Crippen molar-refractivity contribution in [3.05, 3.63) is 299 Å². The van der Waals surface area contributed by atoms with E-state index in [1.807, 2.05) is 0 Å². The molecule has 0 amide bonds. The summed E-state index contributed by atoms with van der Waals surface area (Å²) in [6.07, 6.45) is 4.44. The van der Waals surface area contributed by atoms with E-state index in [4.69, 9.17) is 14.2 Å². The molecule has 0 aromatic heterocycles. The van der Waals surface area contributed by atoms with Gasteiger partial charge in [0.15, 0.2) is 0 Å². The molecular formula is C72H57Br3O3. The average Bonchev–Trinajstić information content (AvgIpc) is 4.21. The van der Waals surface area contributed by atoms with E-state index < -0.39 is 16.2 Å². The minimum absolute atomic E-state index is 0.586. The number of rotatable bonds is 15. The summed E-state index contributed by atoms with van der Waals surface area (Å²) in [5, 5.41) is 0. The molecule has 0 spiro atoms. The molecule has 384 valence electrons. The van der Waals surface area contributed by atoms with Gasteiger partial charge in [-0.2, -0.15) is 0 Å². The molecule has 13 rings (SSSR count). The molecule has 78 heavy (non-hydrogen) atoms. The second-order valence-corrected chi connectivity index (χ2v) is 24.1. The zero-order valence-corrected chi connectivity index (χ0v) is 48.6. The van der Waals surface area contributed by atoms with Gasteiger partial charge in [0.2, 0.25) is 0 Å². The van der Waals surface area contributed by atoms with Gasteiger partial charge in [0, 0.05) is 29.7 Å².